The summed E-state index contributed by atoms with van der Waals surface area (Å²) in [6, 6.07) is 7.41. The average Bonchev–Trinajstić information content (AvgIpc) is 2.86. The maximum absolute atomic E-state index is 9.99. The molecule has 3 heteroatoms. The van der Waals surface area contributed by atoms with E-state index in [1.54, 1.807) is 12.3 Å². The van der Waals surface area contributed by atoms with Crippen LogP contribution < -0.4 is 0 Å². The molecule has 0 amide bonds. The van der Waals surface area contributed by atoms with Crippen molar-refractivity contribution in [3.05, 3.63) is 53.0 Å². The van der Waals surface area contributed by atoms with Crippen LogP contribution in [0.2, 0.25) is 0 Å². The monoisotopic (exact) mass is 260 g/mol. The van der Waals surface area contributed by atoms with Crippen LogP contribution in [0.5, 0.6) is 5.75 Å². The van der Waals surface area contributed by atoms with Crippen LogP contribution in [0.25, 0.3) is 0 Å². The first-order valence-corrected chi connectivity index (χ1v) is 6.52. The van der Waals surface area contributed by atoms with E-state index in [9.17, 15) is 10.2 Å². The van der Waals surface area contributed by atoms with Crippen molar-refractivity contribution in [2.75, 3.05) is 6.61 Å². The van der Waals surface area contributed by atoms with Gasteiger partial charge in [0.1, 0.15) is 11.5 Å². The summed E-state index contributed by atoms with van der Waals surface area (Å²) in [6.07, 6.45) is 1.61. The number of hydrogen-bond donors (Lipinski definition) is 2. The third kappa shape index (κ3) is 2.66. The Bertz CT molecular complexity index is 541. The zero-order valence-corrected chi connectivity index (χ0v) is 11.6. The maximum atomic E-state index is 9.99. The Morgan fingerprint density at radius 3 is 2.47 bits per heavy atom. The lowest BCUT2D eigenvalue weighted by Crippen LogP contribution is -2.08. The number of phenols is 1. The van der Waals surface area contributed by atoms with Crippen LogP contribution in [0.4, 0.5) is 0 Å². The largest absolute Gasteiger partial charge is 0.508 e. The van der Waals surface area contributed by atoms with Crippen molar-refractivity contribution in [2.45, 2.75) is 32.6 Å². The zero-order valence-electron chi connectivity index (χ0n) is 11.6. The predicted octanol–water partition coefficient (Wildman–Crippen LogP) is 3.54. The number of aliphatic hydroxyl groups is 1. The molecular formula is C16H20O3. The molecule has 0 saturated heterocycles. The minimum absolute atomic E-state index is 0.0172. The van der Waals surface area contributed by atoms with E-state index < -0.39 is 0 Å². The van der Waals surface area contributed by atoms with Crippen molar-refractivity contribution in [3.63, 3.8) is 0 Å². The van der Waals surface area contributed by atoms with Gasteiger partial charge in [-0.2, -0.15) is 0 Å². The van der Waals surface area contributed by atoms with E-state index in [4.69, 9.17) is 4.42 Å². The molecule has 1 heterocycles. The van der Waals surface area contributed by atoms with Crippen molar-refractivity contribution < 1.29 is 14.6 Å². The van der Waals surface area contributed by atoms with Gasteiger partial charge in [-0.15, -0.1) is 0 Å². The van der Waals surface area contributed by atoms with E-state index in [0.717, 1.165) is 22.5 Å². The molecule has 3 nitrogen and oxygen atoms in total. The van der Waals surface area contributed by atoms with Gasteiger partial charge in [0, 0.05) is 0 Å². The summed E-state index contributed by atoms with van der Waals surface area (Å²) in [4.78, 5) is 0. The third-order valence-corrected chi connectivity index (χ3v) is 3.48. The molecule has 2 aromatic rings. The fraction of sp³-hybridized carbons (Fsp3) is 0.375. The zero-order chi connectivity index (χ0) is 14.0. The van der Waals surface area contributed by atoms with Crippen molar-refractivity contribution in [2.24, 2.45) is 0 Å². The molecular weight excluding hydrogens is 240 g/mol. The number of benzene rings is 1. The highest BCUT2D eigenvalue weighted by atomic mass is 16.3. The second-order valence-electron chi connectivity index (χ2n) is 5.17. The van der Waals surface area contributed by atoms with Gasteiger partial charge in [-0.25, -0.2) is 0 Å². The van der Waals surface area contributed by atoms with Crippen molar-refractivity contribution >= 4 is 0 Å². The van der Waals surface area contributed by atoms with Crippen molar-refractivity contribution in [1.29, 1.82) is 0 Å². The van der Waals surface area contributed by atoms with Gasteiger partial charge in [0.15, 0.2) is 0 Å². The Morgan fingerprint density at radius 2 is 1.95 bits per heavy atom. The average molecular weight is 260 g/mol. The molecule has 19 heavy (non-hydrogen) atoms. The van der Waals surface area contributed by atoms with E-state index in [1.807, 2.05) is 39.0 Å². The minimum atomic E-state index is -0.187. The molecule has 1 aromatic heterocycles. The molecule has 1 aromatic carbocycles. The molecule has 0 aliphatic heterocycles. The van der Waals surface area contributed by atoms with Crippen LogP contribution in [0.1, 0.15) is 48.1 Å². The summed E-state index contributed by atoms with van der Waals surface area (Å²) in [5.41, 5.74) is 2.85. The molecule has 102 valence electrons. The van der Waals surface area contributed by atoms with Gasteiger partial charge in [-0.1, -0.05) is 19.9 Å². The summed E-state index contributed by atoms with van der Waals surface area (Å²) in [5.74, 6) is 1.10. The Labute approximate surface area is 113 Å². The van der Waals surface area contributed by atoms with Crippen LogP contribution >= 0.6 is 0 Å². The number of furan rings is 1. The van der Waals surface area contributed by atoms with E-state index in [1.165, 1.54) is 0 Å². The normalized spacial score (nSPS) is 12.9. The Kier molecular flexibility index (Phi) is 3.96. The van der Waals surface area contributed by atoms with Gasteiger partial charge in [0.25, 0.3) is 0 Å². The molecule has 0 saturated carbocycles. The quantitative estimate of drug-likeness (QED) is 0.884. The second kappa shape index (κ2) is 5.49. The summed E-state index contributed by atoms with van der Waals surface area (Å²) in [5, 5.41) is 19.6. The maximum Gasteiger partial charge on any atom is 0.119 e. The SMILES string of the molecule is Cc1cc(O)c(C(C)C)cc1C(CO)c1ccco1. The molecule has 0 aliphatic carbocycles. The molecule has 0 fully saturated rings. The molecule has 1 atom stereocenters. The summed E-state index contributed by atoms with van der Waals surface area (Å²) >= 11 is 0. The van der Waals surface area contributed by atoms with E-state index in [0.29, 0.717) is 5.75 Å². The first-order chi connectivity index (χ1) is 9.04. The molecule has 2 rings (SSSR count). The highest BCUT2D eigenvalue weighted by Gasteiger charge is 2.20. The lowest BCUT2D eigenvalue weighted by Gasteiger charge is -2.18. The Morgan fingerprint density at radius 1 is 1.21 bits per heavy atom. The number of rotatable bonds is 4. The van der Waals surface area contributed by atoms with E-state index in [2.05, 4.69) is 0 Å². The van der Waals surface area contributed by atoms with Crippen LogP contribution in [0, 0.1) is 6.92 Å². The van der Waals surface area contributed by atoms with Gasteiger partial charge in [-0.05, 0) is 47.7 Å². The van der Waals surface area contributed by atoms with Gasteiger partial charge in [0.2, 0.25) is 0 Å². The summed E-state index contributed by atoms with van der Waals surface area (Å²) in [7, 11) is 0. The summed E-state index contributed by atoms with van der Waals surface area (Å²) < 4.78 is 5.40. The Hall–Kier alpha value is -1.74. The van der Waals surface area contributed by atoms with E-state index in [-0.39, 0.29) is 18.4 Å². The molecule has 0 radical (unpaired) electrons. The number of hydrogen-bond acceptors (Lipinski definition) is 3. The van der Waals surface area contributed by atoms with Crippen LogP contribution in [0.3, 0.4) is 0 Å². The molecule has 2 N–H and O–H groups in total. The minimum Gasteiger partial charge on any atom is -0.508 e. The lowest BCUT2D eigenvalue weighted by molar-refractivity contribution is 0.265. The number of aryl methyl sites for hydroxylation is 1. The molecule has 1 unspecified atom stereocenters. The smallest absolute Gasteiger partial charge is 0.119 e. The van der Waals surface area contributed by atoms with Crippen LogP contribution in [0.15, 0.2) is 34.9 Å². The number of aromatic hydroxyl groups is 1. The molecule has 0 bridgehead atoms. The van der Waals surface area contributed by atoms with Gasteiger partial charge >= 0.3 is 0 Å². The first kappa shape index (κ1) is 13.7. The molecule has 0 spiro atoms. The highest BCUT2D eigenvalue weighted by molar-refractivity contribution is 5.46. The predicted molar refractivity (Wildman–Crippen MR) is 74.6 cm³/mol. The van der Waals surface area contributed by atoms with Gasteiger partial charge in [0.05, 0.1) is 18.8 Å². The van der Waals surface area contributed by atoms with Crippen molar-refractivity contribution in [3.8, 4) is 5.75 Å². The summed E-state index contributed by atoms with van der Waals surface area (Å²) in [6.45, 7) is 5.99. The molecule has 0 aliphatic rings. The van der Waals surface area contributed by atoms with E-state index >= 15 is 0 Å². The number of phenolic OH excluding ortho intramolecular Hbond substituents is 1. The van der Waals surface area contributed by atoms with Gasteiger partial charge < -0.3 is 14.6 Å². The van der Waals surface area contributed by atoms with Crippen LogP contribution in [-0.4, -0.2) is 16.8 Å². The van der Waals surface area contributed by atoms with Crippen LogP contribution in [-0.2, 0) is 0 Å². The highest BCUT2D eigenvalue weighted by Crippen LogP contribution is 2.34. The van der Waals surface area contributed by atoms with Gasteiger partial charge in [-0.3, -0.25) is 0 Å². The first-order valence-electron chi connectivity index (χ1n) is 6.52. The lowest BCUT2D eigenvalue weighted by atomic mass is 9.88. The van der Waals surface area contributed by atoms with Crippen molar-refractivity contribution in [1.82, 2.24) is 0 Å². The fourth-order valence-electron chi connectivity index (χ4n) is 2.40. The fourth-order valence-corrected chi connectivity index (χ4v) is 2.40. The Balaban J connectivity index is 2.51. The second-order valence-corrected chi connectivity index (χ2v) is 5.17. The third-order valence-electron chi connectivity index (χ3n) is 3.48. The standard InChI is InChI=1S/C16H20O3/c1-10(2)12-8-13(11(3)7-15(12)18)14(9-17)16-5-4-6-19-16/h4-8,10,14,17-18H,9H2,1-3H3. The number of aliphatic hydroxyl groups excluding tert-OH is 1. The topological polar surface area (TPSA) is 53.6 Å².